The second-order valence-electron chi connectivity index (χ2n) is 6.18. The summed E-state index contributed by atoms with van der Waals surface area (Å²) in [6, 6.07) is 15.3. The predicted molar refractivity (Wildman–Crippen MR) is 95.6 cm³/mol. The molecule has 4 rings (SSSR count). The van der Waals surface area contributed by atoms with Crippen molar-refractivity contribution >= 4 is 23.2 Å². The summed E-state index contributed by atoms with van der Waals surface area (Å²) in [4.78, 5) is 25.2. The third-order valence-electron chi connectivity index (χ3n) is 4.44. The summed E-state index contributed by atoms with van der Waals surface area (Å²) in [7, 11) is 0. The van der Waals surface area contributed by atoms with E-state index in [1.54, 1.807) is 0 Å². The minimum absolute atomic E-state index is 0.266. The molecule has 2 heterocycles. The maximum absolute atomic E-state index is 12.6. The van der Waals surface area contributed by atoms with E-state index in [0.29, 0.717) is 29.1 Å². The van der Waals surface area contributed by atoms with E-state index >= 15 is 0 Å². The normalized spacial score (nSPS) is 16.2. The standard InChI is InChI=1S/C20H17N3O2/c1-11-4-2-6-13(8-11)17-15-16(20(25)22-17)18(23-19(15)24)14-7-3-5-12(9-14)10-21/h2-9H,10,21H2,1H3,(H,22,25)(H,23,24). The van der Waals surface area contributed by atoms with Gasteiger partial charge in [0.15, 0.2) is 0 Å². The zero-order valence-electron chi connectivity index (χ0n) is 13.7. The quantitative estimate of drug-likeness (QED) is 0.802. The van der Waals surface area contributed by atoms with Crippen LogP contribution >= 0.6 is 0 Å². The van der Waals surface area contributed by atoms with Gasteiger partial charge in [-0.3, -0.25) is 9.59 Å². The minimum atomic E-state index is -0.266. The molecule has 2 aliphatic heterocycles. The van der Waals surface area contributed by atoms with E-state index in [2.05, 4.69) is 10.6 Å². The van der Waals surface area contributed by atoms with Gasteiger partial charge in [0.1, 0.15) is 0 Å². The monoisotopic (exact) mass is 331 g/mol. The van der Waals surface area contributed by atoms with Gasteiger partial charge < -0.3 is 16.4 Å². The fraction of sp³-hybridized carbons (Fsp3) is 0.100. The number of nitrogens with two attached hydrogens (primary N) is 1. The highest BCUT2D eigenvalue weighted by molar-refractivity contribution is 6.30. The molecule has 0 aromatic heterocycles. The van der Waals surface area contributed by atoms with Crippen molar-refractivity contribution in [1.82, 2.24) is 10.6 Å². The molecular formula is C20H17N3O2. The average molecular weight is 331 g/mol. The molecule has 0 atom stereocenters. The van der Waals surface area contributed by atoms with Gasteiger partial charge in [-0.05, 0) is 35.7 Å². The molecule has 5 heteroatoms. The molecule has 0 saturated heterocycles. The van der Waals surface area contributed by atoms with Crippen LogP contribution < -0.4 is 16.4 Å². The van der Waals surface area contributed by atoms with Crippen molar-refractivity contribution in [3.8, 4) is 0 Å². The van der Waals surface area contributed by atoms with E-state index < -0.39 is 0 Å². The average Bonchev–Trinajstić information content (AvgIpc) is 3.14. The molecule has 0 saturated carbocycles. The molecule has 0 aliphatic carbocycles. The first kappa shape index (κ1) is 15.4. The Bertz CT molecular complexity index is 986. The summed E-state index contributed by atoms with van der Waals surface area (Å²) in [5.74, 6) is -0.531. The summed E-state index contributed by atoms with van der Waals surface area (Å²) in [6.45, 7) is 2.37. The van der Waals surface area contributed by atoms with E-state index in [-0.39, 0.29) is 11.8 Å². The lowest BCUT2D eigenvalue weighted by atomic mass is 10.0. The first-order chi connectivity index (χ1) is 12.1. The van der Waals surface area contributed by atoms with Gasteiger partial charge in [-0.2, -0.15) is 0 Å². The number of amides is 2. The molecule has 0 unspecified atom stereocenters. The molecule has 2 aromatic carbocycles. The van der Waals surface area contributed by atoms with Crippen molar-refractivity contribution in [3.05, 3.63) is 81.9 Å². The van der Waals surface area contributed by atoms with Gasteiger partial charge in [-0.1, -0.05) is 42.0 Å². The van der Waals surface area contributed by atoms with E-state index in [9.17, 15) is 9.59 Å². The summed E-state index contributed by atoms with van der Waals surface area (Å²) >= 11 is 0. The van der Waals surface area contributed by atoms with Crippen molar-refractivity contribution < 1.29 is 9.59 Å². The van der Waals surface area contributed by atoms with Crippen LogP contribution in [0.25, 0.3) is 11.4 Å². The molecule has 2 aromatic rings. The molecular weight excluding hydrogens is 314 g/mol. The summed E-state index contributed by atoms with van der Waals surface area (Å²) in [5.41, 5.74) is 11.2. The smallest absolute Gasteiger partial charge is 0.258 e. The second kappa shape index (κ2) is 5.72. The number of hydrogen-bond acceptors (Lipinski definition) is 3. The number of nitrogens with one attached hydrogen (secondary N) is 2. The first-order valence-electron chi connectivity index (χ1n) is 8.06. The van der Waals surface area contributed by atoms with E-state index in [0.717, 1.165) is 22.3 Å². The van der Waals surface area contributed by atoms with E-state index in [1.807, 2.05) is 55.5 Å². The SMILES string of the molecule is Cc1cccc(C2=C3C(=O)NC(c4cccc(CN)c4)=C3C(=O)N2)c1. The number of aryl methyl sites for hydroxylation is 1. The number of hydrogen-bond donors (Lipinski definition) is 3. The number of rotatable bonds is 3. The van der Waals surface area contributed by atoms with Crippen molar-refractivity contribution in [2.24, 2.45) is 5.73 Å². The topological polar surface area (TPSA) is 84.2 Å². The summed E-state index contributed by atoms with van der Waals surface area (Å²) < 4.78 is 0. The summed E-state index contributed by atoms with van der Waals surface area (Å²) in [6.07, 6.45) is 0. The van der Waals surface area contributed by atoms with Crippen LogP contribution in [0.1, 0.15) is 22.3 Å². The van der Waals surface area contributed by atoms with Crippen LogP contribution in [-0.2, 0) is 16.1 Å². The van der Waals surface area contributed by atoms with Crippen LogP contribution in [0.5, 0.6) is 0 Å². The minimum Gasteiger partial charge on any atom is -0.326 e. The van der Waals surface area contributed by atoms with Crippen LogP contribution in [0.15, 0.2) is 59.7 Å². The van der Waals surface area contributed by atoms with Gasteiger partial charge in [0.25, 0.3) is 11.8 Å². The van der Waals surface area contributed by atoms with E-state index in [1.165, 1.54) is 0 Å². The van der Waals surface area contributed by atoms with Crippen LogP contribution in [0.3, 0.4) is 0 Å². The fourth-order valence-corrected chi connectivity index (χ4v) is 3.27. The number of carbonyl (C=O) groups is 2. The second-order valence-corrected chi connectivity index (χ2v) is 6.18. The molecule has 0 fully saturated rings. The van der Waals surface area contributed by atoms with Crippen molar-refractivity contribution in [3.63, 3.8) is 0 Å². The van der Waals surface area contributed by atoms with Gasteiger partial charge in [0.2, 0.25) is 0 Å². The summed E-state index contributed by atoms with van der Waals surface area (Å²) in [5, 5.41) is 5.70. The predicted octanol–water partition coefficient (Wildman–Crippen LogP) is 1.84. The maximum Gasteiger partial charge on any atom is 0.258 e. The highest BCUT2D eigenvalue weighted by Gasteiger charge is 2.40. The fourth-order valence-electron chi connectivity index (χ4n) is 3.27. The molecule has 25 heavy (non-hydrogen) atoms. The molecule has 2 aliphatic rings. The van der Waals surface area contributed by atoms with E-state index in [4.69, 9.17) is 5.73 Å². The number of benzene rings is 2. The number of fused-ring (bicyclic) bond motifs is 1. The van der Waals surface area contributed by atoms with Gasteiger partial charge in [0, 0.05) is 6.54 Å². The third-order valence-corrected chi connectivity index (χ3v) is 4.44. The lowest BCUT2D eigenvalue weighted by Crippen LogP contribution is -2.21. The Labute approximate surface area is 145 Å². The van der Waals surface area contributed by atoms with Gasteiger partial charge in [-0.25, -0.2) is 0 Å². The van der Waals surface area contributed by atoms with Crippen molar-refractivity contribution in [2.45, 2.75) is 13.5 Å². The van der Waals surface area contributed by atoms with Gasteiger partial charge >= 0.3 is 0 Å². The zero-order chi connectivity index (χ0) is 17.6. The van der Waals surface area contributed by atoms with Crippen LogP contribution in [0.2, 0.25) is 0 Å². The lowest BCUT2D eigenvalue weighted by molar-refractivity contribution is -0.117. The first-order valence-corrected chi connectivity index (χ1v) is 8.06. The highest BCUT2D eigenvalue weighted by Crippen LogP contribution is 2.37. The van der Waals surface area contributed by atoms with Crippen LogP contribution in [-0.4, -0.2) is 11.8 Å². The van der Waals surface area contributed by atoms with Gasteiger partial charge in [0.05, 0.1) is 22.5 Å². The molecule has 124 valence electrons. The van der Waals surface area contributed by atoms with Crippen molar-refractivity contribution in [2.75, 3.05) is 0 Å². The Hall–Kier alpha value is -3.18. The molecule has 0 bridgehead atoms. The Kier molecular flexibility index (Phi) is 3.51. The number of carbonyl (C=O) groups excluding carboxylic acids is 2. The van der Waals surface area contributed by atoms with Crippen LogP contribution in [0.4, 0.5) is 0 Å². The Morgan fingerprint density at radius 3 is 1.96 bits per heavy atom. The lowest BCUT2D eigenvalue weighted by Gasteiger charge is -2.08. The molecule has 5 nitrogen and oxygen atoms in total. The maximum atomic E-state index is 12.6. The third kappa shape index (κ3) is 2.45. The Morgan fingerprint density at radius 2 is 1.40 bits per heavy atom. The van der Waals surface area contributed by atoms with Crippen LogP contribution in [0, 0.1) is 6.92 Å². The molecule has 0 spiro atoms. The Morgan fingerprint density at radius 1 is 0.840 bits per heavy atom. The molecule has 0 radical (unpaired) electrons. The zero-order valence-corrected chi connectivity index (χ0v) is 13.7. The Balaban J connectivity index is 1.90. The molecule has 2 amide bonds. The molecule has 4 N–H and O–H groups in total. The highest BCUT2D eigenvalue weighted by atomic mass is 16.2. The van der Waals surface area contributed by atoms with Crippen molar-refractivity contribution in [1.29, 1.82) is 0 Å². The largest absolute Gasteiger partial charge is 0.326 e. The van der Waals surface area contributed by atoms with Gasteiger partial charge in [-0.15, -0.1) is 0 Å².